The van der Waals surface area contributed by atoms with Crippen LogP contribution in [0.2, 0.25) is 0 Å². The van der Waals surface area contributed by atoms with Gasteiger partial charge in [0.2, 0.25) is 0 Å². The molecule has 0 radical (unpaired) electrons. The molecule has 0 aliphatic carbocycles. The molecule has 4 nitrogen and oxygen atoms in total. The highest BCUT2D eigenvalue weighted by atomic mass is 32.1. The third-order valence-corrected chi connectivity index (χ3v) is 2.66. The molecular formula is C11H14N2O2S. The van der Waals surface area contributed by atoms with Crippen LogP contribution in [0, 0.1) is 0 Å². The normalized spacial score (nSPS) is 11.9. The predicted molar refractivity (Wildman–Crippen MR) is 62.6 cm³/mol. The first-order chi connectivity index (χ1) is 7.44. The molecule has 0 saturated heterocycles. The van der Waals surface area contributed by atoms with E-state index in [1.807, 2.05) is 42.9 Å². The van der Waals surface area contributed by atoms with Crippen molar-refractivity contribution >= 4 is 22.3 Å². The van der Waals surface area contributed by atoms with Crippen molar-refractivity contribution in [2.75, 3.05) is 0 Å². The molecule has 0 atom stereocenters. The van der Waals surface area contributed by atoms with E-state index in [0.717, 1.165) is 10.7 Å². The Morgan fingerprint density at radius 1 is 1.56 bits per heavy atom. The second kappa shape index (κ2) is 3.90. The highest BCUT2D eigenvalue weighted by Gasteiger charge is 2.17. The minimum atomic E-state index is -0.436. The zero-order chi connectivity index (χ0) is 11.8. The maximum absolute atomic E-state index is 11.6. The van der Waals surface area contributed by atoms with Crippen LogP contribution in [0.25, 0.3) is 4.96 Å². The Kier molecular flexibility index (Phi) is 2.71. The van der Waals surface area contributed by atoms with Gasteiger partial charge in [-0.1, -0.05) is 0 Å². The second-order valence-electron chi connectivity index (χ2n) is 4.59. The SMILES string of the molecule is CC(C)(C)OC(=O)Cc1cn2ccsc2n1. The average molecular weight is 238 g/mol. The molecule has 0 aromatic carbocycles. The van der Waals surface area contributed by atoms with Crippen LogP contribution in [0.4, 0.5) is 0 Å². The summed E-state index contributed by atoms with van der Waals surface area (Å²) < 4.78 is 7.14. The molecule has 0 unspecified atom stereocenters. The molecule has 0 aliphatic heterocycles. The molecule has 0 saturated carbocycles. The van der Waals surface area contributed by atoms with Crippen LogP contribution in [0.1, 0.15) is 26.5 Å². The minimum absolute atomic E-state index is 0.228. The lowest BCUT2D eigenvalue weighted by Gasteiger charge is -2.18. The van der Waals surface area contributed by atoms with E-state index in [4.69, 9.17) is 4.74 Å². The van der Waals surface area contributed by atoms with Crippen molar-refractivity contribution in [2.24, 2.45) is 0 Å². The van der Waals surface area contributed by atoms with Gasteiger partial charge in [0.05, 0.1) is 12.1 Å². The first kappa shape index (κ1) is 11.1. The van der Waals surface area contributed by atoms with Crippen LogP contribution in [0.3, 0.4) is 0 Å². The van der Waals surface area contributed by atoms with Crippen molar-refractivity contribution < 1.29 is 9.53 Å². The molecule has 2 rings (SSSR count). The third-order valence-electron chi connectivity index (χ3n) is 1.89. The molecule has 0 aliphatic rings. The van der Waals surface area contributed by atoms with E-state index in [-0.39, 0.29) is 12.4 Å². The molecule has 86 valence electrons. The number of carbonyl (C=O) groups is 1. The highest BCUT2D eigenvalue weighted by molar-refractivity contribution is 7.15. The fourth-order valence-corrected chi connectivity index (χ4v) is 2.11. The lowest BCUT2D eigenvalue weighted by atomic mass is 10.2. The van der Waals surface area contributed by atoms with E-state index in [9.17, 15) is 4.79 Å². The number of carbonyl (C=O) groups excluding carboxylic acids is 1. The third kappa shape index (κ3) is 2.61. The van der Waals surface area contributed by atoms with Gasteiger partial charge >= 0.3 is 5.97 Å². The Balaban J connectivity index is 2.05. The van der Waals surface area contributed by atoms with Gasteiger partial charge in [-0.15, -0.1) is 11.3 Å². The molecule has 2 heterocycles. The van der Waals surface area contributed by atoms with Crippen LogP contribution in [0.5, 0.6) is 0 Å². The van der Waals surface area contributed by atoms with E-state index >= 15 is 0 Å². The van der Waals surface area contributed by atoms with E-state index in [1.54, 1.807) is 11.3 Å². The Labute approximate surface area is 97.9 Å². The maximum atomic E-state index is 11.6. The number of thiazole rings is 1. The van der Waals surface area contributed by atoms with Gasteiger partial charge in [0.15, 0.2) is 4.96 Å². The monoisotopic (exact) mass is 238 g/mol. The van der Waals surface area contributed by atoms with Gasteiger partial charge in [0, 0.05) is 17.8 Å². The van der Waals surface area contributed by atoms with Gasteiger partial charge in [-0.3, -0.25) is 9.20 Å². The fourth-order valence-electron chi connectivity index (χ4n) is 1.39. The molecule has 0 spiro atoms. The summed E-state index contributed by atoms with van der Waals surface area (Å²) in [6, 6.07) is 0. The van der Waals surface area contributed by atoms with Crippen LogP contribution in [-0.2, 0) is 16.0 Å². The Hall–Kier alpha value is -1.36. The number of nitrogens with zero attached hydrogens (tertiary/aromatic N) is 2. The maximum Gasteiger partial charge on any atom is 0.312 e. The highest BCUT2D eigenvalue weighted by Crippen LogP contribution is 2.13. The van der Waals surface area contributed by atoms with Crippen molar-refractivity contribution in [1.29, 1.82) is 0 Å². The molecule has 5 heteroatoms. The summed E-state index contributed by atoms with van der Waals surface area (Å²) in [5.74, 6) is -0.238. The Bertz CT molecular complexity index is 479. The van der Waals surface area contributed by atoms with Gasteiger partial charge in [-0.05, 0) is 20.8 Å². The van der Waals surface area contributed by atoms with Crippen molar-refractivity contribution in [3.05, 3.63) is 23.5 Å². The van der Waals surface area contributed by atoms with E-state index in [1.165, 1.54) is 0 Å². The van der Waals surface area contributed by atoms with Crippen molar-refractivity contribution in [1.82, 2.24) is 9.38 Å². The van der Waals surface area contributed by atoms with E-state index < -0.39 is 5.60 Å². The standard InChI is InChI=1S/C11H14N2O2S/c1-11(2,3)15-9(14)6-8-7-13-4-5-16-10(13)12-8/h4-5,7H,6H2,1-3H3. The number of rotatable bonds is 2. The van der Waals surface area contributed by atoms with Gasteiger partial charge in [-0.2, -0.15) is 0 Å². The molecule has 2 aromatic heterocycles. The van der Waals surface area contributed by atoms with Gasteiger partial charge in [0.25, 0.3) is 0 Å². The topological polar surface area (TPSA) is 43.6 Å². The molecule has 0 bridgehead atoms. The largest absolute Gasteiger partial charge is 0.460 e. The zero-order valence-corrected chi connectivity index (χ0v) is 10.4. The smallest absolute Gasteiger partial charge is 0.312 e. The number of esters is 1. The van der Waals surface area contributed by atoms with Crippen LogP contribution >= 0.6 is 11.3 Å². The molecular weight excluding hydrogens is 224 g/mol. The summed E-state index contributed by atoms with van der Waals surface area (Å²) in [6.45, 7) is 5.57. The average Bonchev–Trinajstić information content (AvgIpc) is 2.58. The first-order valence-electron chi connectivity index (χ1n) is 5.07. The molecule has 0 fully saturated rings. The van der Waals surface area contributed by atoms with Gasteiger partial charge < -0.3 is 4.74 Å². The summed E-state index contributed by atoms with van der Waals surface area (Å²) in [6.07, 6.45) is 4.01. The van der Waals surface area contributed by atoms with Crippen molar-refractivity contribution in [3.63, 3.8) is 0 Å². The lowest BCUT2D eigenvalue weighted by molar-refractivity contribution is -0.153. The Morgan fingerprint density at radius 2 is 2.31 bits per heavy atom. The molecule has 2 aromatic rings. The Morgan fingerprint density at radius 3 is 2.94 bits per heavy atom. The number of fused-ring (bicyclic) bond motifs is 1. The minimum Gasteiger partial charge on any atom is -0.460 e. The number of imidazole rings is 1. The summed E-state index contributed by atoms with van der Waals surface area (Å²) in [5.41, 5.74) is 0.315. The summed E-state index contributed by atoms with van der Waals surface area (Å²) in [7, 11) is 0. The predicted octanol–water partition coefficient (Wildman–Crippen LogP) is 2.28. The number of ether oxygens (including phenoxy) is 1. The summed E-state index contributed by atoms with van der Waals surface area (Å²) in [5, 5.41) is 1.96. The first-order valence-corrected chi connectivity index (χ1v) is 5.95. The lowest BCUT2D eigenvalue weighted by Crippen LogP contribution is -2.24. The van der Waals surface area contributed by atoms with Crippen LogP contribution < -0.4 is 0 Å². The zero-order valence-electron chi connectivity index (χ0n) is 9.56. The number of hydrogen-bond donors (Lipinski definition) is 0. The van der Waals surface area contributed by atoms with Crippen molar-refractivity contribution in [2.45, 2.75) is 32.8 Å². The summed E-state index contributed by atoms with van der Waals surface area (Å²) >= 11 is 1.55. The quantitative estimate of drug-likeness (QED) is 0.754. The number of hydrogen-bond acceptors (Lipinski definition) is 4. The molecule has 16 heavy (non-hydrogen) atoms. The van der Waals surface area contributed by atoms with E-state index in [0.29, 0.717) is 0 Å². The fraction of sp³-hybridized carbons (Fsp3) is 0.455. The summed E-state index contributed by atoms with van der Waals surface area (Å²) in [4.78, 5) is 16.8. The van der Waals surface area contributed by atoms with Crippen LogP contribution in [0.15, 0.2) is 17.8 Å². The molecule has 0 N–H and O–H groups in total. The van der Waals surface area contributed by atoms with Crippen molar-refractivity contribution in [3.8, 4) is 0 Å². The number of aromatic nitrogens is 2. The van der Waals surface area contributed by atoms with E-state index in [2.05, 4.69) is 4.98 Å². The molecule has 0 amide bonds. The van der Waals surface area contributed by atoms with Gasteiger partial charge in [-0.25, -0.2) is 4.98 Å². The van der Waals surface area contributed by atoms with Crippen LogP contribution in [-0.4, -0.2) is 21.0 Å². The van der Waals surface area contributed by atoms with Gasteiger partial charge in [0.1, 0.15) is 5.60 Å². The second-order valence-corrected chi connectivity index (χ2v) is 5.46.